The van der Waals surface area contributed by atoms with Crippen molar-refractivity contribution < 1.29 is 8.42 Å². The van der Waals surface area contributed by atoms with Crippen LogP contribution in [0, 0.1) is 0 Å². The van der Waals surface area contributed by atoms with Gasteiger partial charge in [-0.1, -0.05) is 18.2 Å². The van der Waals surface area contributed by atoms with Gasteiger partial charge in [0, 0.05) is 23.4 Å². The molecule has 0 fully saturated rings. The molecule has 100 valence electrons. The summed E-state index contributed by atoms with van der Waals surface area (Å²) in [6.07, 6.45) is 3.10. The fraction of sp³-hybridized carbons (Fsp3) is 0.286. The number of rotatable bonds is 2. The average Bonchev–Trinajstić information content (AvgIpc) is 2.35. The monoisotopic (exact) mass is 276 g/mol. The van der Waals surface area contributed by atoms with Crippen LogP contribution in [0.25, 0.3) is 10.9 Å². The van der Waals surface area contributed by atoms with Crippen LogP contribution < -0.4 is 0 Å². The van der Waals surface area contributed by atoms with Crippen LogP contribution in [0.15, 0.2) is 40.9 Å². The van der Waals surface area contributed by atoms with Gasteiger partial charge in [-0.3, -0.25) is 4.98 Å². The lowest BCUT2D eigenvalue weighted by molar-refractivity contribution is 0.562. The van der Waals surface area contributed by atoms with E-state index in [9.17, 15) is 8.42 Å². The minimum atomic E-state index is -3.52. The number of nitrogens with zero attached hydrogens (tertiary/aromatic N) is 2. The van der Waals surface area contributed by atoms with E-state index in [0.29, 0.717) is 0 Å². The lowest BCUT2D eigenvalue weighted by Crippen LogP contribution is -2.25. The first-order valence-electron chi connectivity index (χ1n) is 5.95. The lowest BCUT2D eigenvalue weighted by Gasteiger charge is -2.14. The Morgan fingerprint density at radius 2 is 1.89 bits per heavy atom. The van der Waals surface area contributed by atoms with Gasteiger partial charge >= 0.3 is 0 Å². The summed E-state index contributed by atoms with van der Waals surface area (Å²) in [5.41, 5.74) is 1.57. The van der Waals surface area contributed by atoms with E-state index in [0.717, 1.165) is 16.5 Å². The van der Waals surface area contributed by atoms with Crippen LogP contribution in [0.2, 0.25) is 0 Å². The van der Waals surface area contributed by atoms with E-state index < -0.39 is 14.8 Å². The summed E-state index contributed by atoms with van der Waals surface area (Å²) in [6.45, 7) is 4.89. The third-order valence-corrected chi connectivity index (χ3v) is 4.71. The minimum absolute atomic E-state index is 0.749. The predicted molar refractivity (Wildman–Crippen MR) is 78.0 cm³/mol. The van der Waals surface area contributed by atoms with Gasteiger partial charge in [-0.05, 0) is 32.9 Å². The van der Waals surface area contributed by atoms with Crippen molar-refractivity contribution in [2.75, 3.05) is 0 Å². The third-order valence-electron chi connectivity index (χ3n) is 2.78. The number of hydrogen-bond acceptors (Lipinski definition) is 3. The summed E-state index contributed by atoms with van der Waals surface area (Å²) >= 11 is 0. The molecule has 0 saturated heterocycles. The standard InChI is InChI=1S/C14H16N2O2S/c1-14(2,3)19(17,18)16-10-11-6-4-8-13-12(11)7-5-9-15-13/h4-10H,1-3H3. The zero-order valence-electron chi connectivity index (χ0n) is 11.2. The molecule has 0 amide bonds. The highest BCUT2D eigenvalue weighted by Gasteiger charge is 2.27. The van der Waals surface area contributed by atoms with Crippen molar-refractivity contribution >= 4 is 27.1 Å². The van der Waals surface area contributed by atoms with Gasteiger partial charge in [0.15, 0.2) is 0 Å². The van der Waals surface area contributed by atoms with E-state index in [1.165, 1.54) is 6.21 Å². The number of benzene rings is 1. The molecule has 5 heteroatoms. The van der Waals surface area contributed by atoms with Crippen molar-refractivity contribution in [2.24, 2.45) is 4.40 Å². The second-order valence-corrected chi connectivity index (χ2v) is 7.62. The fourth-order valence-corrected chi connectivity index (χ4v) is 2.09. The molecule has 0 bridgehead atoms. The van der Waals surface area contributed by atoms with Gasteiger partial charge in [0.25, 0.3) is 10.0 Å². The molecule has 0 N–H and O–H groups in total. The maximum absolute atomic E-state index is 11.9. The highest BCUT2D eigenvalue weighted by atomic mass is 32.2. The zero-order valence-corrected chi connectivity index (χ0v) is 12.0. The summed E-state index contributed by atoms with van der Waals surface area (Å²) in [5.74, 6) is 0. The molecular weight excluding hydrogens is 260 g/mol. The van der Waals surface area contributed by atoms with Crippen molar-refractivity contribution in [2.45, 2.75) is 25.5 Å². The molecule has 0 aliphatic rings. The van der Waals surface area contributed by atoms with Crippen molar-refractivity contribution in [3.8, 4) is 0 Å². The summed E-state index contributed by atoms with van der Waals surface area (Å²) < 4.78 is 26.8. The van der Waals surface area contributed by atoms with Crippen LogP contribution in [0.5, 0.6) is 0 Å². The van der Waals surface area contributed by atoms with Crippen molar-refractivity contribution in [1.29, 1.82) is 0 Å². The average molecular weight is 276 g/mol. The Morgan fingerprint density at radius 1 is 1.16 bits per heavy atom. The van der Waals surface area contributed by atoms with Crippen LogP contribution in [0.1, 0.15) is 26.3 Å². The minimum Gasteiger partial charge on any atom is -0.256 e. The molecule has 1 aromatic heterocycles. The largest absolute Gasteiger partial charge is 0.258 e. The lowest BCUT2D eigenvalue weighted by atomic mass is 10.1. The molecular formula is C14H16N2O2S. The quantitative estimate of drug-likeness (QED) is 0.792. The van der Waals surface area contributed by atoms with Crippen LogP contribution in [-0.4, -0.2) is 24.4 Å². The maximum atomic E-state index is 11.9. The van der Waals surface area contributed by atoms with E-state index in [1.807, 2.05) is 30.3 Å². The van der Waals surface area contributed by atoms with Gasteiger partial charge < -0.3 is 0 Å². The van der Waals surface area contributed by atoms with Gasteiger partial charge in [-0.2, -0.15) is 4.40 Å². The van der Waals surface area contributed by atoms with Crippen LogP contribution in [0.3, 0.4) is 0 Å². The van der Waals surface area contributed by atoms with Gasteiger partial charge in [0.05, 0.1) is 10.3 Å². The molecule has 4 nitrogen and oxygen atoms in total. The Morgan fingerprint density at radius 3 is 2.58 bits per heavy atom. The highest BCUT2D eigenvalue weighted by molar-refractivity contribution is 7.91. The predicted octanol–water partition coefficient (Wildman–Crippen LogP) is 2.78. The smallest absolute Gasteiger partial charge is 0.256 e. The molecule has 0 saturated carbocycles. The van der Waals surface area contributed by atoms with Gasteiger partial charge in [0.1, 0.15) is 0 Å². The second kappa shape index (κ2) is 4.74. The van der Waals surface area contributed by atoms with E-state index in [2.05, 4.69) is 9.38 Å². The SMILES string of the molecule is CC(C)(C)S(=O)(=O)N=Cc1cccc2ncccc12. The van der Waals surface area contributed by atoms with Gasteiger partial charge in [-0.15, -0.1) is 0 Å². The molecule has 0 spiro atoms. The van der Waals surface area contributed by atoms with Gasteiger partial charge in [-0.25, -0.2) is 8.42 Å². The molecule has 19 heavy (non-hydrogen) atoms. The van der Waals surface area contributed by atoms with Gasteiger partial charge in [0.2, 0.25) is 0 Å². The first kappa shape index (κ1) is 13.7. The number of aromatic nitrogens is 1. The molecule has 0 aliphatic carbocycles. The van der Waals surface area contributed by atoms with Crippen molar-refractivity contribution in [3.05, 3.63) is 42.1 Å². The Bertz CT molecular complexity index is 723. The molecule has 2 aromatic rings. The number of sulfonamides is 1. The van der Waals surface area contributed by atoms with Crippen molar-refractivity contribution in [1.82, 2.24) is 4.98 Å². The van der Waals surface area contributed by atoms with E-state index in [-0.39, 0.29) is 0 Å². The first-order valence-corrected chi connectivity index (χ1v) is 7.39. The Balaban J connectivity index is 2.48. The van der Waals surface area contributed by atoms with Crippen LogP contribution >= 0.6 is 0 Å². The summed E-state index contributed by atoms with van der Waals surface area (Å²) in [4.78, 5) is 4.22. The topological polar surface area (TPSA) is 59.4 Å². The number of hydrogen-bond donors (Lipinski definition) is 0. The number of pyridine rings is 1. The molecule has 2 rings (SSSR count). The normalized spacial score (nSPS) is 13.2. The number of fused-ring (bicyclic) bond motifs is 1. The third kappa shape index (κ3) is 2.81. The second-order valence-electron chi connectivity index (χ2n) is 5.24. The molecule has 0 atom stereocenters. The summed E-state index contributed by atoms with van der Waals surface area (Å²) in [6, 6.07) is 9.25. The first-order chi connectivity index (χ1) is 8.81. The summed E-state index contributed by atoms with van der Waals surface area (Å²) in [5, 5.41) is 0.887. The summed E-state index contributed by atoms with van der Waals surface area (Å²) in [7, 11) is -3.52. The molecule has 0 aliphatic heterocycles. The Kier molecular flexibility index (Phi) is 3.41. The Labute approximate surface area is 113 Å². The van der Waals surface area contributed by atoms with E-state index >= 15 is 0 Å². The molecule has 0 radical (unpaired) electrons. The van der Waals surface area contributed by atoms with Crippen LogP contribution in [0.4, 0.5) is 0 Å². The van der Waals surface area contributed by atoms with Crippen LogP contribution in [-0.2, 0) is 10.0 Å². The highest BCUT2D eigenvalue weighted by Crippen LogP contribution is 2.19. The molecule has 1 aromatic carbocycles. The zero-order chi connectivity index (χ0) is 14.1. The van der Waals surface area contributed by atoms with E-state index in [1.54, 1.807) is 27.0 Å². The van der Waals surface area contributed by atoms with E-state index in [4.69, 9.17) is 0 Å². The van der Waals surface area contributed by atoms with Crippen molar-refractivity contribution in [3.63, 3.8) is 0 Å². The maximum Gasteiger partial charge on any atom is 0.258 e. The Hall–Kier alpha value is -1.75. The molecule has 1 heterocycles. The fourth-order valence-electron chi connectivity index (χ4n) is 1.52. The molecule has 0 unspecified atom stereocenters.